The van der Waals surface area contributed by atoms with Crippen LogP contribution in [0.5, 0.6) is 0 Å². The fourth-order valence-corrected chi connectivity index (χ4v) is 3.11. The minimum Gasteiger partial charge on any atom is -0.326 e. The Morgan fingerprint density at radius 1 is 1.00 bits per heavy atom. The highest BCUT2D eigenvalue weighted by molar-refractivity contribution is 6.03. The minimum atomic E-state index is -0.316. The van der Waals surface area contributed by atoms with E-state index in [-0.39, 0.29) is 24.2 Å². The summed E-state index contributed by atoms with van der Waals surface area (Å²) in [7, 11) is 0. The van der Waals surface area contributed by atoms with Crippen LogP contribution in [0.2, 0.25) is 0 Å². The van der Waals surface area contributed by atoms with Gasteiger partial charge in [0.15, 0.2) is 0 Å². The fourth-order valence-electron chi connectivity index (χ4n) is 3.11. The van der Waals surface area contributed by atoms with Crippen LogP contribution in [0.4, 0.5) is 11.4 Å². The van der Waals surface area contributed by atoms with Crippen molar-refractivity contribution in [1.29, 1.82) is 0 Å². The number of hydrogen-bond acceptors (Lipinski definition) is 2. The van der Waals surface area contributed by atoms with Crippen LogP contribution < -0.4 is 10.2 Å². The molecule has 1 fully saturated rings. The van der Waals surface area contributed by atoms with Crippen LogP contribution in [0, 0.1) is 5.92 Å². The van der Waals surface area contributed by atoms with Gasteiger partial charge < -0.3 is 10.2 Å². The van der Waals surface area contributed by atoms with E-state index in [2.05, 4.69) is 19.2 Å². The summed E-state index contributed by atoms with van der Waals surface area (Å²) in [6, 6.07) is 15.8. The molecule has 0 bridgehead atoms. The number of carbonyl (C=O) groups is 2. The molecule has 3 rings (SSSR count). The Hall–Kier alpha value is -2.62. The lowest BCUT2D eigenvalue weighted by Gasteiger charge is -2.17. The molecule has 1 N–H and O–H groups in total. The van der Waals surface area contributed by atoms with Crippen LogP contribution in [0.15, 0.2) is 48.5 Å². The monoisotopic (exact) mass is 336 g/mol. The zero-order chi connectivity index (χ0) is 17.8. The van der Waals surface area contributed by atoms with Gasteiger partial charge in [-0.1, -0.05) is 38.1 Å². The van der Waals surface area contributed by atoms with Gasteiger partial charge in [-0.2, -0.15) is 0 Å². The van der Waals surface area contributed by atoms with Crippen LogP contribution in [-0.4, -0.2) is 18.4 Å². The van der Waals surface area contributed by atoms with E-state index in [0.717, 1.165) is 24.2 Å². The summed E-state index contributed by atoms with van der Waals surface area (Å²) in [4.78, 5) is 26.5. The maximum absolute atomic E-state index is 12.5. The topological polar surface area (TPSA) is 49.4 Å². The van der Waals surface area contributed by atoms with Crippen molar-refractivity contribution < 1.29 is 9.59 Å². The summed E-state index contributed by atoms with van der Waals surface area (Å²) in [5, 5.41) is 2.93. The first-order valence-corrected chi connectivity index (χ1v) is 8.89. The molecule has 2 aromatic carbocycles. The first kappa shape index (κ1) is 17.2. The van der Waals surface area contributed by atoms with Crippen molar-refractivity contribution in [3.63, 3.8) is 0 Å². The molecular weight excluding hydrogens is 312 g/mol. The smallest absolute Gasteiger partial charge is 0.229 e. The van der Waals surface area contributed by atoms with Gasteiger partial charge in [-0.25, -0.2) is 0 Å². The Morgan fingerprint density at radius 2 is 1.56 bits per heavy atom. The third kappa shape index (κ3) is 3.90. The number of anilines is 2. The molecule has 2 aromatic rings. The van der Waals surface area contributed by atoms with E-state index in [0.29, 0.717) is 6.54 Å². The number of carbonyl (C=O) groups excluding carboxylic acids is 2. The summed E-state index contributed by atoms with van der Waals surface area (Å²) in [6.07, 6.45) is 2.20. The van der Waals surface area contributed by atoms with E-state index in [4.69, 9.17) is 0 Å². The van der Waals surface area contributed by atoms with Crippen LogP contribution >= 0.6 is 0 Å². The molecule has 1 saturated heterocycles. The second-order valence-corrected chi connectivity index (χ2v) is 6.47. The highest BCUT2D eigenvalue weighted by Crippen LogP contribution is 2.26. The predicted octanol–water partition coefficient (Wildman–Crippen LogP) is 3.80. The standard InChI is InChI=1S/C21H24N2O2/c1-3-15-5-9-18(10-6-15)22-21(25)17-13-20(24)23(14-17)19-11-7-16(4-2)8-12-19/h5-12,17H,3-4,13-14H2,1-2H3,(H,22,25)/t17-/m0/s1. The maximum atomic E-state index is 12.5. The van der Waals surface area contributed by atoms with E-state index in [1.807, 2.05) is 48.5 Å². The largest absolute Gasteiger partial charge is 0.326 e. The summed E-state index contributed by atoms with van der Waals surface area (Å²) in [5.41, 5.74) is 4.11. The lowest BCUT2D eigenvalue weighted by atomic mass is 10.1. The van der Waals surface area contributed by atoms with E-state index in [1.165, 1.54) is 11.1 Å². The predicted molar refractivity (Wildman–Crippen MR) is 101 cm³/mol. The Labute approximate surface area is 148 Å². The van der Waals surface area contributed by atoms with Crippen molar-refractivity contribution in [1.82, 2.24) is 0 Å². The molecule has 1 aliphatic heterocycles. The minimum absolute atomic E-state index is 0.00530. The summed E-state index contributed by atoms with van der Waals surface area (Å²) in [5.74, 6) is -0.403. The zero-order valence-electron chi connectivity index (χ0n) is 14.8. The fraction of sp³-hybridized carbons (Fsp3) is 0.333. The van der Waals surface area contributed by atoms with Crippen molar-refractivity contribution in [3.8, 4) is 0 Å². The van der Waals surface area contributed by atoms with Crippen LogP contribution in [-0.2, 0) is 22.4 Å². The molecule has 1 heterocycles. The lowest BCUT2D eigenvalue weighted by Crippen LogP contribution is -2.28. The third-order valence-corrected chi connectivity index (χ3v) is 4.78. The van der Waals surface area contributed by atoms with E-state index < -0.39 is 0 Å². The number of rotatable bonds is 5. The zero-order valence-corrected chi connectivity index (χ0v) is 14.8. The first-order chi connectivity index (χ1) is 12.1. The molecule has 130 valence electrons. The molecule has 4 heteroatoms. The Kier molecular flexibility index (Phi) is 5.17. The van der Waals surface area contributed by atoms with Gasteiger partial charge in [0, 0.05) is 24.3 Å². The number of aryl methyl sites for hydroxylation is 2. The Balaban J connectivity index is 1.65. The van der Waals surface area contributed by atoms with Gasteiger partial charge in [-0.05, 0) is 48.2 Å². The van der Waals surface area contributed by atoms with E-state index >= 15 is 0 Å². The molecule has 4 nitrogen and oxygen atoms in total. The van der Waals surface area contributed by atoms with Crippen LogP contribution in [0.1, 0.15) is 31.4 Å². The highest BCUT2D eigenvalue weighted by Gasteiger charge is 2.35. The van der Waals surface area contributed by atoms with Gasteiger partial charge in [0.2, 0.25) is 11.8 Å². The quantitative estimate of drug-likeness (QED) is 0.903. The average Bonchev–Trinajstić information content (AvgIpc) is 3.04. The van der Waals surface area contributed by atoms with Crippen molar-refractivity contribution in [2.24, 2.45) is 5.92 Å². The second kappa shape index (κ2) is 7.51. The third-order valence-electron chi connectivity index (χ3n) is 4.78. The summed E-state index contributed by atoms with van der Waals surface area (Å²) in [6.45, 7) is 4.63. The van der Waals surface area contributed by atoms with E-state index in [1.54, 1.807) is 4.90 Å². The molecule has 1 aliphatic rings. The van der Waals surface area contributed by atoms with Crippen LogP contribution in [0.3, 0.4) is 0 Å². The van der Waals surface area contributed by atoms with Crippen LogP contribution in [0.25, 0.3) is 0 Å². The summed E-state index contributed by atoms with van der Waals surface area (Å²) >= 11 is 0. The summed E-state index contributed by atoms with van der Waals surface area (Å²) < 4.78 is 0. The second-order valence-electron chi connectivity index (χ2n) is 6.47. The number of nitrogens with zero attached hydrogens (tertiary/aromatic N) is 1. The molecule has 25 heavy (non-hydrogen) atoms. The van der Waals surface area contributed by atoms with E-state index in [9.17, 15) is 9.59 Å². The Morgan fingerprint density at radius 3 is 2.12 bits per heavy atom. The SMILES string of the molecule is CCc1ccc(NC(=O)[C@H]2CC(=O)N(c3ccc(CC)cc3)C2)cc1. The van der Waals surface area contributed by atoms with Gasteiger partial charge in [0.05, 0.1) is 5.92 Å². The van der Waals surface area contributed by atoms with Gasteiger partial charge in [0.1, 0.15) is 0 Å². The number of hydrogen-bond donors (Lipinski definition) is 1. The maximum Gasteiger partial charge on any atom is 0.229 e. The normalized spacial score (nSPS) is 17.0. The molecule has 2 amide bonds. The number of benzene rings is 2. The van der Waals surface area contributed by atoms with Gasteiger partial charge in [-0.15, -0.1) is 0 Å². The molecule has 1 atom stereocenters. The molecule has 0 spiro atoms. The highest BCUT2D eigenvalue weighted by atomic mass is 16.2. The van der Waals surface area contributed by atoms with Gasteiger partial charge >= 0.3 is 0 Å². The average molecular weight is 336 g/mol. The number of nitrogens with one attached hydrogen (secondary N) is 1. The van der Waals surface area contributed by atoms with Crippen molar-refractivity contribution in [2.45, 2.75) is 33.1 Å². The molecule has 0 aromatic heterocycles. The molecular formula is C21H24N2O2. The van der Waals surface area contributed by atoms with Crippen molar-refractivity contribution in [3.05, 3.63) is 59.7 Å². The Bertz CT molecular complexity index is 750. The first-order valence-electron chi connectivity index (χ1n) is 8.89. The molecule has 0 saturated carbocycles. The molecule has 0 unspecified atom stereocenters. The van der Waals surface area contributed by atoms with Gasteiger partial charge in [0.25, 0.3) is 0 Å². The lowest BCUT2D eigenvalue weighted by molar-refractivity contribution is -0.122. The molecule has 0 radical (unpaired) electrons. The number of amides is 2. The van der Waals surface area contributed by atoms with Crippen molar-refractivity contribution in [2.75, 3.05) is 16.8 Å². The van der Waals surface area contributed by atoms with Gasteiger partial charge in [-0.3, -0.25) is 9.59 Å². The van der Waals surface area contributed by atoms with Crippen molar-refractivity contribution >= 4 is 23.2 Å². The molecule has 0 aliphatic carbocycles.